The van der Waals surface area contributed by atoms with Crippen molar-refractivity contribution in [2.45, 2.75) is 51.2 Å². The molecule has 1 amide bonds. The summed E-state index contributed by atoms with van der Waals surface area (Å²) < 4.78 is 48.2. The zero-order chi connectivity index (χ0) is 30.1. The van der Waals surface area contributed by atoms with Crippen molar-refractivity contribution in [2.75, 3.05) is 55.7 Å². The van der Waals surface area contributed by atoms with Crippen molar-refractivity contribution >= 4 is 29.1 Å². The number of rotatable bonds is 6. The minimum atomic E-state index is -4.46. The van der Waals surface area contributed by atoms with Gasteiger partial charge in [0.2, 0.25) is 0 Å². The Bertz CT molecular complexity index is 1430. The van der Waals surface area contributed by atoms with E-state index in [2.05, 4.69) is 39.2 Å². The largest absolute Gasteiger partial charge is 0.449 e. The maximum atomic E-state index is 13.8. The molecule has 1 aromatic heterocycles. The number of halogens is 4. The molecule has 3 heterocycles. The van der Waals surface area contributed by atoms with Crippen LogP contribution in [0.4, 0.5) is 29.3 Å². The lowest BCUT2D eigenvalue weighted by Crippen LogP contribution is -2.49. The number of hydrogen-bond donors (Lipinski definition) is 0. The van der Waals surface area contributed by atoms with Crippen molar-refractivity contribution in [1.29, 1.82) is 0 Å². The zero-order valence-corrected chi connectivity index (χ0v) is 25.1. The Morgan fingerprint density at radius 3 is 2.40 bits per heavy atom. The highest BCUT2D eigenvalue weighted by molar-refractivity contribution is 6.31. The van der Waals surface area contributed by atoms with Crippen LogP contribution in [-0.2, 0) is 10.9 Å². The van der Waals surface area contributed by atoms with E-state index in [4.69, 9.17) is 16.3 Å². The highest BCUT2D eigenvalue weighted by atomic mass is 35.5. The number of amides is 1. The minimum absolute atomic E-state index is 0.137. The van der Waals surface area contributed by atoms with Crippen molar-refractivity contribution in [3.63, 3.8) is 0 Å². The summed E-state index contributed by atoms with van der Waals surface area (Å²) in [5.41, 5.74) is 3.42. The Labute approximate surface area is 255 Å². The first-order chi connectivity index (χ1) is 20.7. The summed E-state index contributed by atoms with van der Waals surface area (Å²) in [7, 11) is 0. The number of hydrogen-bond acceptors (Lipinski definition) is 5. The first kappa shape index (κ1) is 29.7. The van der Waals surface area contributed by atoms with Crippen LogP contribution in [0.5, 0.6) is 0 Å². The lowest BCUT2D eigenvalue weighted by atomic mass is 9.86. The highest BCUT2D eigenvalue weighted by Crippen LogP contribution is 2.39. The Hall–Kier alpha value is -3.40. The smallest absolute Gasteiger partial charge is 0.433 e. The summed E-state index contributed by atoms with van der Waals surface area (Å²) in [6.45, 7) is 5.81. The van der Waals surface area contributed by atoms with Gasteiger partial charge in [0.25, 0.3) is 0 Å². The van der Waals surface area contributed by atoms with Crippen molar-refractivity contribution in [1.82, 2.24) is 14.7 Å². The lowest BCUT2D eigenvalue weighted by molar-refractivity contribution is -0.145. The first-order valence-corrected chi connectivity index (χ1v) is 15.5. The van der Waals surface area contributed by atoms with Crippen molar-refractivity contribution < 1.29 is 22.7 Å². The van der Waals surface area contributed by atoms with Gasteiger partial charge in [-0.15, -0.1) is 0 Å². The second kappa shape index (κ2) is 12.3. The Morgan fingerprint density at radius 2 is 1.72 bits per heavy atom. The summed E-state index contributed by atoms with van der Waals surface area (Å²) in [4.78, 5) is 18.6. The van der Waals surface area contributed by atoms with E-state index in [0.29, 0.717) is 43.6 Å². The fraction of sp³-hybridized carbons (Fsp3) is 0.500. The summed E-state index contributed by atoms with van der Waals surface area (Å²) in [5.74, 6) is 0.532. The van der Waals surface area contributed by atoms with Gasteiger partial charge < -0.3 is 19.4 Å². The number of aromatic nitrogens is 2. The number of carbonyl (C=O) groups is 1. The number of aryl methyl sites for hydroxylation is 1. The summed E-state index contributed by atoms with van der Waals surface area (Å²) in [5, 5.41) is 4.71. The fourth-order valence-electron chi connectivity index (χ4n) is 6.40. The van der Waals surface area contributed by atoms with Crippen molar-refractivity contribution in [3.8, 4) is 11.1 Å². The van der Waals surface area contributed by atoms with E-state index >= 15 is 0 Å². The molecule has 1 atom stereocenters. The molecular weight excluding hydrogens is 579 g/mol. The molecule has 11 heteroatoms. The van der Waals surface area contributed by atoms with Crippen LogP contribution < -0.4 is 9.80 Å². The predicted molar refractivity (Wildman–Crippen MR) is 162 cm³/mol. The molecule has 3 aromatic rings. The van der Waals surface area contributed by atoms with Gasteiger partial charge in [0.1, 0.15) is 5.69 Å². The average Bonchev–Trinajstić information content (AvgIpc) is 3.39. The number of ether oxygens (including phenoxy) is 1. The topological polar surface area (TPSA) is 53.8 Å². The van der Waals surface area contributed by atoms with E-state index < -0.39 is 17.9 Å². The number of alkyl halides is 3. The van der Waals surface area contributed by atoms with Gasteiger partial charge in [-0.25, -0.2) is 4.79 Å². The van der Waals surface area contributed by atoms with Gasteiger partial charge >= 0.3 is 12.3 Å². The summed E-state index contributed by atoms with van der Waals surface area (Å²) in [6.07, 6.45) is 1.53. The first-order valence-electron chi connectivity index (χ1n) is 15.1. The van der Waals surface area contributed by atoms with Crippen LogP contribution in [0.2, 0.25) is 5.02 Å². The zero-order valence-electron chi connectivity index (χ0n) is 24.3. The van der Waals surface area contributed by atoms with Crippen molar-refractivity contribution in [3.05, 3.63) is 64.9 Å². The normalized spacial score (nSPS) is 19.8. The average molecular weight is 616 g/mol. The van der Waals surface area contributed by atoms with Crippen LogP contribution >= 0.6 is 11.6 Å². The molecule has 2 saturated heterocycles. The van der Waals surface area contributed by atoms with Crippen molar-refractivity contribution in [2.24, 2.45) is 5.92 Å². The second-order valence-corrected chi connectivity index (χ2v) is 12.4. The van der Waals surface area contributed by atoms with Crippen LogP contribution in [0.1, 0.15) is 49.4 Å². The van der Waals surface area contributed by atoms with Crippen LogP contribution in [0.15, 0.2) is 48.7 Å². The monoisotopic (exact) mass is 615 g/mol. The van der Waals surface area contributed by atoms with Gasteiger partial charge in [0, 0.05) is 61.2 Å². The van der Waals surface area contributed by atoms with E-state index in [0.717, 1.165) is 66.1 Å². The number of anilines is 2. The molecular formula is C32H37ClF3N5O2. The number of piperazine rings is 1. The molecule has 0 bridgehead atoms. The number of nitrogens with zero attached hydrogens (tertiary/aromatic N) is 5. The van der Waals surface area contributed by atoms with Gasteiger partial charge in [-0.3, -0.25) is 4.68 Å². The minimum Gasteiger partial charge on any atom is -0.449 e. The summed E-state index contributed by atoms with van der Waals surface area (Å²) in [6, 6.07) is 13.6. The van der Waals surface area contributed by atoms with Gasteiger partial charge in [0.05, 0.1) is 18.8 Å². The molecule has 3 aliphatic rings. The number of carbonyl (C=O) groups excluding carboxylic acids is 1. The quantitative estimate of drug-likeness (QED) is 0.289. The molecule has 3 fully saturated rings. The second-order valence-electron chi connectivity index (χ2n) is 11.9. The van der Waals surface area contributed by atoms with E-state index in [9.17, 15) is 18.0 Å². The fourth-order valence-corrected chi connectivity index (χ4v) is 6.57. The standard InChI is InChI=1S/C32H37ClF3N5O2/c1-22-19-37-41(30(22)32(34,35)36)27-6-3-13-40(20-27)29-18-25(33)9-12-28(29)24-7-10-26(11-8-24)38-14-16-39(17-15-38)31(42)43-21-23-4-2-5-23/h7-12,18-19,23,27H,2-6,13-17,20-21H2,1H3. The molecule has 0 radical (unpaired) electrons. The number of benzene rings is 2. The molecule has 2 aromatic carbocycles. The van der Waals surface area contributed by atoms with Gasteiger partial charge in [-0.1, -0.05) is 36.2 Å². The third kappa shape index (κ3) is 6.44. The Balaban J connectivity index is 1.14. The van der Waals surface area contributed by atoms with E-state index in [-0.39, 0.29) is 11.7 Å². The van der Waals surface area contributed by atoms with Crippen LogP contribution in [0, 0.1) is 12.8 Å². The van der Waals surface area contributed by atoms with Crippen LogP contribution in [0.25, 0.3) is 11.1 Å². The van der Waals surface area contributed by atoms with Crippen LogP contribution in [0.3, 0.4) is 0 Å². The third-order valence-corrected chi connectivity index (χ3v) is 9.27. The van der Waals surface area contributed by atoms with E-state index in [1.54, 1.807) is 4.90 Å². The maximum absolute atomic E-state index is 13.8. The van der Waals surface area contributed by atoms with E-state index in [1.165, 1.54) is 19.5 Å². The molecule has 1 aliphatic carbocycles. The lowest BCUT2D eigenvalue weighted by Gasteiger charge is -2.37. The maximum Gasteiger partial charge on any atom is 0.433 e. The molecule has 0 spiro atoms. The molecule has 43 heavy (non-hydrogen) atoms. The van der Waals surface area contributed by atoms with Gasteiger partial charge in [-0.05, 0) is 73.9 Å². The molecule has 7 nitrogen and oxygen atoms in total. The summed E-state index contributed by atoms with van der Waals surface area (Å²) >= 11 is 6.43. The Kier molecular flexibility index (Phi) is 8.49. The van der Waals surface area contributed by atoms with E-state index in [1.807, 2.05) is 18.2 Å². The molecule has 6 rings (SSSR count). The predicted octanol–water partition coefficient (Wildman–Crippen LogP) is 7.43. The molecule has 1 saturated carbocycles. The SMILES string of the molecule is Cc1cnn(C2CCCN(c3cc(Cl)ccc3-c3ccc(N4CCN(C(=O)OCC5CCC5)CC4)cc3)C2)c1C(F)(F)F. The molecule has 0 N–H and O–H groups in total. The molecule has 1 unspecified atom stereocenters. The molecule has 2 aliphatic heterocycles. The van der Waals surface area contributed by atoms with Gasteiger partial charge in [0.15, 0.2) is 0 Å². The third-order valence-electron chi connectivity index (χ3n) is 9.04. The Morgan fingerprint density at radius 1 is 0.977 bits per heavy atom. The van der Waals surface area contributed by atoms with Gasteiger partial charge in [-0.2, -0.15) is 18.3 Å². The molecule has 230 valence electrons. The number of piperidine rings is 1. The van der Waals surface area contributed by atoms with Crippen LogP contribution in [-0.4, -0.2) is 66.6 Å². The highest BCUT2D eigenvalue weighted by Gasteiger charge is 2.39.